The molecule has 0 bridgehead atoms. The van der Waals surface area contributed by atoms with E-state index in [9.17, 15) is 4.79 Å². The van der Waals surface area contributed by atoms with E-state index in [2.05, 4.69) is 10.6 Å². The van der Waals surface area contributed by atoms with Gasteiger partial charge in [-0.3, -0.25) is 4.79 Å². The average molecular weight is 240 g/mol. The molecule has 0 heterocycles. The second-order valence-corrected chi connectivity index (χ2v) is 5.18. The summed E-state index contributed by atoms with van der Waals surface area (Å²) in [7, 11) is 1.79. The Morgan fingerprint density at radius 3 is 2.65 bits per heavy atom. The first-order valence-electron chi connectivity index (χ1n) is 6.85. The number of hydrogen-bond donors (Lipinski definition) is 2. The van der Waals surface area contributed by atoms with Crippen LogP contribution >= 0.6 is 0 Å². The Hall–Kier alpha value is -0.610. The lowest BCUT2D eigenvalue weighted by molar-refractivity contribution is -0.122. The van der Waals surface area contributed by atoms with E-state index in [-0.39, 0.29) is 5.91 Å². The highest BCUT2D eigenvalue weighted by atomic mass is 16.5. The summed E-state index contributed by atoms with van der Waals surface area (Å²) in [6, 6.07) is 0.464. The quantitative estimate of drug-likeness (QED) is 0.683. The van der Waals surface area contributed by atoms with Crippen LogP contribution in [0.3, 0.4) is 0 Å². The van der Waals surface area contributed by atoms with Crippen LogP contribution in [-0.4, -0.2) is 38.3 Å². The molecule has 0 spiro atoms. The number of methoxy groups -OCH3 is 1. The van der Waals surface area contributed by atoms with Crippen LogP contribution in [0.5, 0.6) is 0 Å². The molecule has 0 aromatic rings. The molecule has 2 rings (SSSR count). The van der Waals surface area contributed by atoms with Crippen molar-refractivity contribution in [3.63, 3.8) is 0 Å². The molecule has 1 amide bonds. The topological polar surface area (TPSA) is 50.4 Å². The number of ether oxygens (including phenoxy) is 1. The van der Waals surface area contributed by atoms with Crippen LogP contribution in [0.25, 0.3) is 0 Å². The molecule has 4 heteroatoms. The molecule has 4 nitrogen and oxygen atoms in total. The molecule has 2 atom stereocenters. The van der Waals surface area contributed by atoms with E-state index in [4.69, 9.17) is 4.74 Å². The van der Waals surface area contributed by atoms with Gasteiger partial charge in [0.25, 0.3) is 0 Å². The minimum atomic E-state index is 0.235. The predicted molar refractivity (Wildman–Crippen MR) is 66.8 cm³/mol. The Kier molecular flexibility index (Phi) is 4.80. The number of amides is 1. The van der Waals surface area contributed by atoms with Crippen molar-refractivity contribution in [1.29, 1.82) is 0 Å². The zero-order chi connectivity index (χ0) is 12.1. The van der Waals surface area contributed by atoms with Crippen LogP contribution in [0.2, 0.25) is 0 Å². The third-order valence-electron chi connectivity index (χ3n) is 3.78. The first-order chi connectivity index (χ1) is 8.31. The maximum absolute atomic E-state index is 11.4. The summed E-state index contributed by atoms with van der Waals surface area (Å²) in [5, 5.41) is 6.47. The van der Waals surface area contributed by atoms with E-state index in [1.54, 1.807) is 7.11 Å². The van der Waals surface area contributed by atoms with Crippen LogP contribution in [-0.2, 0) is 9.53 Å². The number of nitrogens with one attached hydrogen (secondary N) is 2. The van der Waals surface area contributed by atoms with Crippen LogP contribution in [0.4, 0.5) is 0 Å². The fourth-order valence-electron chi connectivity index (χ4n) is 2.55. The highest BCUT2D eigenvalue weighted by molar-refractivity contribution is 5.80. The van der Waals surface area contributed by atoms with E-state index >= 15 is 0 Å². The molecule has 2 N–H and O–H groups in total. The van der Waals surface area contributed by atoms with Crippen molar-refractivity contribution in [2.75, 3.05) is 20.2 Å². The van der Waals surface area contributed by atoms with Crippen LogP contribution in [0, 0.1) is 5.92 Å². The number of hydrogen-bond acceptors (Lipinski definition) is 3. The Balaban J connectivity index is 1.58. The summed E-state index contributed by atoms with van der Waals surface area (Å²) >= 11 is 0. The molecule has 2 unspecified atom stereocenters. The predicted octanol–water partition coefficient (Wildman–Crippen LogP) is 1.06. The highest BCUT2D eigenvalue weighted by Gasteiger charge is 2.29. The summed E-state index contributed by atoms with van der Waals surface area (Å²) in [6.45, 7) is 1.59. The molecular weight excluding hydrogens is 216 g/mol. The molecule has 0 aromatic carbocycles. The van der Waals surface area contributed by atoms with Gasteiger partial charge in [0.2, 0.25) is 5.91 Å². The molecule has 2 fully saturated rings. The molecule has 0 radical (unpaired) electrons. The summed E-state index contributed by atoms with van der Waals surface area (Å²) in [5.74, 6) is 0.551. The van der Waals surface area contributed by atoms with Crippen LogP contribution < -0.4 is 10.6 Å². The van der Waals surface area contributed by atoms with Crippen LogP contribution in [0.1, 0.15) is 38.5 Å². The first kappa shape index (κ1) is 12.8. The average Bonchev–Trinajstić information content (AvgIpc) is 3.19. The van der Waals surface area contributed by atoms with Crippen molar-refractivity contribution in [3.05, 3.63) is 0 Å². The van der Waals surface area contributed by atoms with Crippen molar-refractivity contribution < 1.29 is 9.53 Å². The lowest BCUT2D eigenvalue weighted by atomic mass is 9.92. The van der Waals surface area contributed by atoms with Gasteiger partial charge in [-0.2, -0.15) is 0 Å². The third kappa shape index (κ3) is 3.96. The van der Waals surface area contributed by atoms with E-state index in [0.29, 0.717) is 18.1 Å². The zero-order valence-electron chi connectivity index (χ0n) is 10.7. The molecule has 2 aliphatic carbocycles. The summed E-state index contributed by atoms with van der Waals surface area (Å²) in [5.41, 5.74) is 0. The highest BCUT2D eigenvalue weighted by Crippen LogP contribution is 2.28. The van der Waals surface area contributed by atoms with Gasteiger partial charge in [-0.25, -0.2) is 0 Å². The maximum Gasteiger partial charge on any atom is 0.223 e. The van der Waals surface area contributed by atoms with Gasteiger partial charge in [-0.1, -0.05) is 12.8 Å². The summed E-state index contributed by atoms with van der Waals surface area (Å²) in [4.78, 5) is 11.4. The van der Waals surface area contributed by atoms with Gasteiger partial charge in [0.1, 0.15) is 0 Å². The second-order valence-electron chi connectivity index (χ2n) is 5.18. The maximum atomic E-state index is 11.4. The first-order valence-corrected chi connectivity index (χ1v) is 6.85. The number of carbonyl (C=O) groups excluding carboxylic acids is 1. The van der Waals surface area contributed by atoms with Crippen molar-refractivity contribution in [1.82, 2.24) is 10.6 Å². The van der Waals surface area contributed by atoms with Crippen LogP contribution in [0.15, 0.2) is 0 Å². The molecule has 17 heavy (non-hydrogen) atoms. The monoisotopic (exact) mass is 240 g/mol. The molecule has 0 aliphatic heterocycles. The van der Waals surface area contributed by atoms with Crippen molar-refractivity contribution in [2.45, 2.75) is 50.7 Å². The Morgan fingerprint density at radius 1 is 1.18 bits per heavy atom. The number of rotatable bonds is 6. The Labute approximate surface area is 103 Å². The normalized spacial score (nSPS) is 29.0. The summed E-state index contributed by atoms with van der Waals surface area (Å²) < 4.78 is 5.48. The van der Waals surface area contributed by atoms with E-state index in [1.807, 2.05) is 0 Å². The van der Waals surface area contributed by atoms with Gasteiger partial charge in [-0.05, 0) is 25.7 Å². The second kappa shape index (κ2) is 6.36. The smallest absolute Gasteiger partial charge is 0.223 e. The van der Waals surface area contributed by atoms with E-state index in [1.165, 1.54) is 19.3 Å². The fourth-order valence-corrected chi connectivity index (χ4v) is 2.55. The lowest BCUT2D eigenvalue weighted by Gasteiger charge is -2.31. The third-order valence-corrected chi connectivity index (χ3v) is 3.78. The zero-order valence-corrected chi connectivity index (χ0v) is 10.7. The van der Waals surface area contributed by atoms with Gasteiger partial charge in [-0.15, -0.1) is 0 Å². The largest absolute Gasteiger partial charge is 0.380 e. The van der Waals surface area contributed by atoms with Crippen molar-refractivity contribution in [3.8, 4) is 0 Å². The number of carbonyl (C=O) groups is 1. The van der Waals surface area contributed by atoms with Crippen molar-refractivity contribution >= 4 is 5.91 Å². The minimum absolute atomic E-state index is 0.235. The molecule has 2 saturated carbocycles. The molecular formula is C13H24N2O2. The van der Waals surface area contributed by atoms with Gasteiger partial charge >= 0.3 is 0 Å². The van der Waals surface area contributed by atoms with Gasteiger partial charge in [0.05, 0.1) is 6.10 Å². The Morgan fingerprint density at radius 2 is 1.94 bits per heavy atom. The standard InChI is InChI=1S/C13H24N2O2/c1-17-12-5-3-2-4-11(12)14-8-9-15-13(16)10-6-7-10/h10-12,14H,2-9H2,1H3,(H,15,16). The molecule has 0 saturated heterocycles. The SMILES string of the molecule is COC1CCCCC1NCCNC(=O)C1CC1. The van der Waals surface area contributed by atoms with E-state index in [0.717, 1.165) is 32.4 Å². The molecule has 2 aliphatic rings. The lowest BCUT2D eigenvalue weighted by Crippen LogP contribution is -2.45. The van der Waals surface area contributed by atoms with Gasteiger partial charge < -0.3 is 15.4 Å². The molecule has 0 aromatic heterocycles. The van der Waals surface area contributed by atoms with Crippen molar-refractivity contribution in [2.24, 2.45) is 5.92 Å². The summed E-state index contributed by atoms with van der Waals surface area (Å²) in [6.07, 6.45) is 7.41. The van der Waals surface area contributed by atoms with Gasteiger partial charge in [0.15, 0.2) is 0 Å². The Bertz CT molecular complexity index is 254. The fraction of sp³-hybridized carbons (Fsp3) is 0.923. The van der Waals surface area contributed by atoms with E-state index < -0.39 is 0 Å². The molecule has 98 valence electrons. The van der Waals surface area contributed by atoms with Gasteiger partial charge in [0, 0.05) is 32.2 Å². The minimum Gasteiger partial charge on any atom is -0.380 e.